The SMILES string of the molecule is [C-]#[N+]C(=C)C(=O)c1cc2ccccc2o1. The van der Waals surface area contributed by atoms with Gasteiger partial charge in [-0.15, -0.1) is 0 Å². The normalized spacial score (nSPS) is 9.80. The zero-order chi connectivity index (χ0) is 10.8. The van der Waals surface area contributed by atoms with Gasteiger partial charge in [-0.3, -0.25) is 4.79 Å². The first-order valence-electron chi connectivity index (χ1n) is 4.32. The minimum atomic E-state index is -0.457. The molecule has 2 aromatic rings. The fraction of sp³-hybridized carbons (Fsp3) is 0. The van der Waals surface area contributed by atoms with E-state index in [-0.39, 0.29) is 11.5 Å². The molecule has 1 aromatic carbocycles. The number of nitrogens with zero attached hydrogens (tertiary/aromatic N) is 1. The van der Waals surface area contributed by atoms with Gasteiger partial charge in [-0.25, -0.2) is 4.85 Å². The summed E-state index contributed by atoms with van der Waals surface area (Å²) in [6.45, 7) is 10.0. The van der Waals surface area contributed by atoms with Crippen molar-refractivity contribution in [1.82, 2.24) is 0 Å². The van der Waals surface area contributed by atoms with Crippen LogP contribution in [-0.2, 0) is 0 Å². The largest absolute Gasteiger partial charge is 0.454 e. The molecule has 0 aliphatic carbocycles. The summed E-state index contributed by atoms with van der Waals surface area (Å²) >= 11 is 0. The van der Waals surface area contributed by atoms with Gasteiger partial charge in [-0.2, -0.15) is 0 Å². The van der Waals surface area contributed by atoms with Crippen molar-refractivity contribution >= 4 is 16.8 Å². The molecular weight excluding hydrogens is 190 g/mol. The molecule has 1 heterocycles. The second-order valence-electron chi connectivity index (χ2n) is 3.04. The number of hydrogen-bond donors (Lipinski definition) is 0. The molecule has 0 saturated carbocycles. The van der Waals surface area contributed by atoms with Gasteiger partial charge in [0.25, 0.3) is 0 Å². The number of benzene rings is 1. The number of ketones is 1. The highest BCUT2D eigenvalue weighted by atomic mass is 16.3. The second kappa shape index (κ2) is 3.43. The Labute approximate surface area is 86.4 Å². The molecule has 0 N–H and O–H groups in total. The van der Waals surface area contributed by atoms with Gasteiger partial charge < -0.3 is 4.42 Å². The quantitative estimate of drug-likeness (QED) is 0.421. The molecule has 0 aliphatic rings. The number of carbonyl (C=O) groups is 1. The fourth-order valence-electron chi connectivity index (χ4n) is 1.29. The van der Waals surface area contributed by atoms with Crippen LogP contribution in [-0.4, -0.2) is 5.78 Å². The zero-order valence-electron chi connectivity index (χ0n) is 7.86. The lowest BCUT2D eigenvalue weighted by Gasteiger charge is -1.89. The van der Waals surface area contributed by atoms with E-state index in [2.05, 4.69) is 11.4 Å². The molecular formula is C12H7NO2. The summed E-state index contributed by atoms with van der Waals surface area (Å²) in [4.78, 5) is 14.5. The van der Waals surface area contributed by atoms with E-state index in [1.54, 1.807) is 12.1 Å². The Kier molecular flexibility index (Phi) is 2.11. The van der Waals surface area contributed by atoms with Crippen LogP contribution in [0.1, 0.15) is 10.6 Å². The summed E-state index contributed by atoms with van der Waals surface area (Å²) in [6, 6.07) is 8.91. The van der Waals surface area contributed by atoms with Crippen LogP contribution >= 0.6 is 0 Å². The van der Waals surface area contributed by atoms with Crippen LogP contribution in [0.15, 0.2) is 47.0 Å². The van der Waals surface area contributed by atoms with E-state index in [9.17, 15) is 4.79 Å². The highest BCUT2D eigenvalue weighted by Gasteiger charge is 2.15. The van der Waals surface area contributed by atoms with Crippen LogP contribution in [0, 0.1) is 6.57 Å². The van der Waals surface area contributed by atoms with Crippen LogP contribution in [0.4, 0.5) is 0 Å². The molecule has 0 spiro atoms. The summed E-state index contributed by atoms with van der Waals surface area (Å²) in [6.07, 6.45) is 0. The van der Waals surface area contributed by atoms with Gasteiger partial charge in [0.1, 0.15) is 5.58 Å². The van der Waals surface area contributed by atoms with Crippen LogP contribution < -0.4 is 0 Å². The van der Waals surface area contributed by atoms with E-state index in [4.69, 9.17) is 11.0 Å². The zero-order valence-corrected chi connectivity index (χ0v) is 7.86. The maximum atomic E-state index is 11.5. The van der Waals surface area contributed by atoms with Crippen molar-refractivity contribution in [3.05, 3.63) is 59.8 Å². The number of para-hydroxylation sites is 1. The predicted molar refractivity (Wildman–Crippen MR) is 56.3 cm³/mol. The van der Waals surface area contributed by atoms with Crippen molar-refractivity contribution in [2.45, 2.75) is 0 Å². The molecule has 3 heteroatoms. The summed E-state index contributed by atoms with van der Waals surface area (Å²) in [5, 5.41) is 0.846. The third-order valence-corrected chi connectivity index (χ3v) is 2.05. The number of rotatable bonds is 2. The average molecular weight is 197 g/mol. The van der Waals surface area contributed by atoms with Gasteiger partial charge in [0.05, 0.1) is 6.57 Å². The molecule has 0 radical (unpaired) electrons. The molecule has 0 saturated heterocycles. The number of Topliss-reactive ketones (excluding diaryl/α,β-unsaturated/α-hetero) is 1. The number of hydrogen-bond acceptors (Lipinski definition) is 2. The monoisotopic (exact) mass is 197 g/mol. The first kappa shape index (κ1) is 9.22. The van der Waals surface area contributed by atoms with Crippen LogP contribution in [0.5, 0.6) is 0 Å². The molecule has 0 amide bonds. The number of furan rings is 1. The summed E-state index contributed by atoms with van der Waals surface area (Å²) in [5.74, 6) is -0.293. The lowest BCUT2D eigenvalue weighted by molar-refractivity contribution is 0.101. The fourth-order valence-corrected chi connectivity index (χ4v) is 1.29. The highest BCUT2D eigenvalue weighted by molar-refractivity contribution is 6.09. The molecule has 72 valence electrons. The Morgan fingerprint density at radius 3 is 2.80 bits per heavy atom. The molecule has 0 unspecified atom stereocenters. The van der Waals surface area contributed by atoms with Gasteiger partial charge >= 0.3 is 0 Å². The van der Waals surface area contributed by atoms with E-state index in [0.717, 1.165) is 5.39 Å². The molecule has 15 heavy (non-hydrogen) atoms. The van der Waals surface area contributed by atoms with Crippen molar-refractivity contribution in [2.75, 3.05) is 0 Å². The van der Waals surface area contributed by atoms with Crippen LogP contribution in [0.25, 0.3) is 15.8 Å². The Morgan fingerprint density at radius 1 is 1.40 bits per heavy atom. The number of carbonyl (C=O) groups excluding carboxylic acids is 1. The standard InChI is InChI=1S/C12H7NO2/c1-8(13-2)12(14)11-7-9-5-3-4-6-10(9)15-11/h3-7H,1H2. The minimum Gasteiger partial charge on any atom is -0.454 e. The van der Waals surface area contributed by atoms with Gasteiger partial charge in [0.2, 0.25) is 11.5 Å². The topological polar surface area (TPSA) is 34.6 Å². The van der Waals surface area contributed by atoms with E-state index >= 15 is 0 Å². The predicted octanol–water partition coefficient (Wildman–Crippen LogP) is 3.05. The Hall–Kier alpha value is -2.34. The molecule has 2 rings (SSSR count). The third-order valence-electron chi connectivity index (χ3n) is 2.05. The van der Waals surface area contributed by atoms with Crippen molar-refractivity contribution < 1.29 is 9.21 Å². The minimum absolute atomic E-state index is 0.131. The van der Waals surface area contributed by atoms with Crippen LogP contribution in [0.2, 0.25) is 0 Å². The smallest absolute Gasteiger partial charge is 0.230 e. The van der Waals surface area contributed by atoms with Crippen molar-refractivity contribution in [3.63, 3.8) is 0 Å². The Morgan fingerprint density at radius 2 is 2.13 bits per heavy atom. The first-order valence-corrected chi connectivity index (χ1v) is 4.32. The molecule has 0 atom stereocenters. The Balaban J connectivity index is 2.51. The first-order chi connectivity index (χ1) is 7.22. The maximum absolute atomic E-state index is 11.5. The Bertz CT molecular complexity index is 554. The number of allylic oxidation sites excluding steroid dienone is 1. The molecule has 0 aliphatic heterocycles. The third kappa shape index (κ3) is 1.53. The average Bonchev–Trinajstić information content (AvgIpc) is 2.70. The molecule has 1 aromatic heterocycles. The van der Waals surface area contributed by atoms with E-state index < -0.39 is 5.78 Å². The van der Waals surface area contributed by atoms with Gasteiger partial charge in [0, 0.05) is 5.39 Å². The van der Waals surface area contributed by atoms with Gasteiger partial charge in [-0.05, 0) is 12.1 Å². The highest BCUT2D eigenvalue weighted by Crippen LogP contribution is 2.20. The maximum Gasteiger partial charge on any atom is 0.230 e. The van der Waals surface area contributed by atoms with Gasteiger partial charge in [-0.1, -0.05) is 24.8 Å². The van der Waals surface area contributed by atoms with Crippen molar-refractivity contribution in [3.8, 4) is 0 Å². The van der Waals surface area contributed by atoms with E-state index in [0.29, 0.717) is 5.58 Å². The van der Waals surface area contributed by atoms with Crippen molar-refractivity contribution in [2.24, 2.45) is 0 Å². The summed E-state index contributed by atoms with van der Waals surface area (Å²) in [5.41, 5.74) is 0.507. The second-order valence-corrected chi connectivity index (χ2v) is 3.04. The molecule has 0 bridgehead atoms. The van der Waals surface area contributed by atoms with Gasteiger partial charge in [0.15, 0.2) is 5.76 Å². The van der Waals surface area contributed by atoms with E-state index in [1.165, 1.54) is 0 Å². The summed E-state index contributed by atoms with van der Waals surface area (Å²) < 4.78 is 5.30. The molecule has 3 nitrogen and oxygen atoms in total. The lowest BCUT2D eigenvalue weighted by atomic mass is 10.2. The van der Waals surface area contributed by atoms with Crippen molar-refractivity contribution in [1.29, 1.82) is 0 Å². The molecule has 0 fully saturated rings. The summed E-state index contributed by atoms with van der Waals surface area (Å²) in [7, 11) is 0. The lowest BCUT2D eigenvalue weighted by Crippen LogP contribution is -1.96. The number of fused-ring (bicyclic) bond motifs is 1. The van der Waals surface area contributed by atoms with E-state index in [1.807, 2.05) is 18.2 Å². The van der Waals surface area contributed by atoms with Crippen LogP contribution in [0.3, 0.4) is 0 Å².